The van der Waals surface area contributed by atoms with E-state index < -0.39 is 0 Å². The van der Waals surface area contributed by atoms with E-state index in [4.69, 9.17) is 4.98 Å². The van der Waals surface area contributed by atoms with E-state index in [-0.39, 0.29) is 0 Å². The van der Waals surface area contributed by atoms with Gasteiger partial charge in [-0.3, -0.25) is 4.40 Å². The molecule has 5 aromatic rings. The Hall–Kier alpha value is -3.13. The van der Waals surface area contributed by atoms with Crippen molar-refractivity contribution in [1.29, 1.82) is 0 Å². The van der Waals surface area contributed by atoms with Crippen LogP contribution in [0.3, 0.4) is 0 Å². The van der Waals surface area contributed by atoms with Crippen molar-refractivity contribution in [2.75, 3.05) is 0 Å². The first-order valence-corrected chi connectivity index (χ1v) is 11.4. The highest BCUT2D eigenvalue weighted by atomic mass is 15.0. The van der Waals surface area contributed by atoms with Crippen LogP contribution in [0.5, 0.6) is 0 Å². The summed E-state index contributed by atoms with van der Waals surface area (Å²) in [6, 6.07) is 24.1. The summed E-state index contributed by atoms with van der Waals surface area (Å²) < 4.78 is 2.29. The third-order valence-corrected chi connectivity index (χ3v) is 6.08. The first-order valence-electron chi connectivity index (χ1n) is 11.4. The summed E-state index contributed by atoms with van der Waals surface area (Å²) in [4.78, 5) is 5.26. The molecule has 0 unspecified atom stereocenters. The minimum Gasteiger partial charge on any atom is -0.298 e. The number of imidazole rings is 1. The second-order valence-corrected chi connectivity index (χ2v) is 9.53. The van der Waals surface area contributed by atoms with Crippen LogP contribution in [0, 0.1) is 11.8 Å². The van der Waals surface area contributed by atoms with E-state index in [1.165, 1.54) is 38.4 Å². The van der Waals surface area contributed by atoms with E-state index in [1.807, 2.05) is 0 Å². The summed E-state index contributed by atoms with van der Waals surface area (Å²) in [6.07, 6.45) is 4.39. The zero-order valence-corrected chi connectivity index (χ0v) is 18.9. The van der Waals surface area contributed by atoms with Crippen molar-refractivity contribution in [3.05, 3.63) is 84.1 Å². The molecule has 0 amide bonds. The molecule has 0 spiro atoms. The van der Waals surface area contributed by atoms with Gasteiger partial charge in [0, 0.05) is 22.5 Å². The molecule has 0 saturated heterocycles. The highest BCUT2D eigenvalue weighted by Crippen LogP contribution is 2.35. The van der Waals surface area contributed by atoms with Gasteiger partial charge in [0.25, 0.3) is 0 Å². The molecular weight excluding hydrogens is 376 g/mol. The van der Waals surface area contributed by atoms with Crippen LogP contribution in [0.25, 0.3) is 38.6 Å². The van der Waals surface area contributed by atoms with Gasteiger partial charge < -0.3 is 0 Å². The monoisotopic (exact) mass is 406 g/mol. The molecular formula is C29H30N2. The molecule has 0 aliphatic rings. The number of rotatable bonds is 5. The number of nitrogens with zero attached hydrogens (tertiary/aromatic N) is 2. The topological polar surface area (TPSA) is 17.3 Å². The maximum atomic E-state index is 5.26. The van der Waals surface area contributed by atoms with Crippen LogP contribution in [0.1, 0.15) is 38.8 Å². The number of pyridine rings is 1. The molecule has 0 atom stereocenters. The fraction of sp³-hybridized carbons (Fsp3) is 0.276. The van der Waals surface area contributed by atoms with Gasteiger partial charge in [0.15, 0.2) is 0 Å². The molecule has 3 aromatic carbocycles. The van der Waals surface area contributed by atoms with Gasteiger partial charge in [-0.05, 0) is 47.3 Å². The molecule has 2 heterocycles. The summed E-state index contributed by atoms with van der Waals surface area (Å²) in [7, 11) is 0. The smallest absolute Gasteiger partial charge is 0.145 e. The molecule has 2 aromatic heterocycles. The minimum absolute atomic E-state index is 0.603. The average molecular weight is 407 g/mol. The van der Waals surface area contributed by atoms with Crippen molar-refractivity contribution in [3.8, 4) is 11.3 Å². The number of hydrogen-bond donors (Lipinski definition) is 0. The second-order valence-electron chi connectivity index (χ2n) is 9.53. The van der Waals surface area contributed by atoms with Crippen LogP contribution >= 0.6 is 0 Å². The molecule has 0 aliphatic carbocycles. The lowest BCUT2D eigenvalue weighted by molar-refractivity contribution is 0.637. The van der Waals surface area contributed by atoms with Gasteiger partial charge in [0.2, 0.25) is 0 Å². The molecule has 5 rings (SSSR count). The SMILES string of the molecule is CC(C)Cc1cccc(CC(C)C)c1-c1cn2c3ccccc3c3ccccc3c2n1. The van der Waals surface area contributed by atoms with Crippen molar-refractivity contribution < 1.29 is 0 Å². The summed E-state index contributed by atoms with van der Waals surface area (Å²) in [5.74, 6) is 1.21. The number of para-hydroxylation sites is 1. The summed E-state index contributed by atoms with van der Waals surface area (Å²) in [5, 5.41) is 3.74. The molecule has 0 bridgehead atoms. The molecule has 2 nitrogen and oxygen atoms in total. The lowest BCUT2D eigenvalue weighted by Crippen LogP contribution is -2.03. The summed E-state index contributed by atoms with van der Waals surface area (Å²) in [6.45, 7) is 9.18. The standard InChI is InChI=1S/C29H30N2/c1-19(2)16-21-10-9-11-22(17-20(3)4)28(21)26-18-31-27-15-8-7-13-24(27)23-12-5-6-14-25(23)29(31)30-26/h5-15,18-20H,16-17H2,1-4H3. The van der Waals surface area contributed by atoms with Crippen molar-refractivity contribution in [2.24, 2.45) is 11.8 Å². The van der Waals surface area contributed by atoms with E-state index in [1.54, 1.807) is 0 Å². The maximum Gasteiger partial charge on any atom is 0.145 e. The zero-order chi connectivity index (χ0) is 21.5. The van der Waals surface area contributed by atoms with Gasteiger partial charge in [0.05, 0.1) is 11.2 Å². The van der Waals surface area contributed by atoms with Crippen molar-refractivity contribution in [3.63, 3.8) is 0 Å². The quantitative estimate of drug-likeness (QED) is 0.273. The van der Waals surface area contributed by atoms with Crippen LogP contribution in [0.2, 0.25) is 0 Å². The molecule has 0 aliphatic heterocycles. The van der Waals surface area contributed by atoms with Crippen molar-refractivity contribution in [2.45, 2.75) is 40.5 Å². The molecule has 0 N–H and O–H groups in total. The highest BCUT2D eigenvalue weighted by Gasteiger charge is 2.18. The van der Waals surface area contributed by atoms with Crippen molar-refractivity contribution in [1.82, 2.24) is 9.38 Å². The molecule has 2 heteroatoms. The van der Waals surface area contributed by atoms with Crippen LogP contribution in [0.4, 0.5) is 0 Å². The van der Waals surface area contributed by atoms with E-state index in [2.05, 4.69) is 105 Å². The maximum absolute atomic E-state index is 5.26. The fourth-order valence-electron chi connectivity index (χ4n) is 4.90. The first kappa shape index (κ1) is 19.8. The largest absolute Gasteiger partial charge is 0.298 e. The van der Waals surface area contributed by atoms with Gasteiger partial charge >= 0.3 is 0 Å². The van der Waals surface area contributed by atoms with Crippen molar-refractivity contribution >= 4 is 27.3 Å². The third kappa shape index (κ3) is 3.50. The molecule has 0 saturated carbocycles. The Kier molecular flexibility index (Phi) is 5.02. The van der Waals surface area contributed by atoms with Crippen LogP contribution in [-0.4, -0.2) is 9.38 Å². The predicted octanol–water partition coefficient (Wildman–Crippen LogP) is 7.70. The number of hydrogen-bond acceptors (Lipinski definition) is 1. The van der Waals surface area contributed by atoms with E-state index in [9.17, 15) is 0 Å². The van der Waals surface area contributed by atoms with Crippen LogP contribution in [0.15, 0.2) is 72.9 Å². The van der Waals surface area contributed by atoms with E-state index in [0.29, 0.717) is 11.8 Å². The number of aromatic nitrogens is 2. The van der Waals surface area contributed by atoms with Gasteiger partial charge in [0.1, 0.15) is 5.65 Å². The van der Waals surface area contributed by atoms with Gasteiger partial charge in [-0.25, -0.2) is 4.98 Å². The number of fused-ring (bicyclic) bond motifs is 6. The number of benzene rings is 3. The second kappa shape index (κ2) is 7.85. The van der Waals surface area contributed by atoms with E-state index in [0.717, 1.165) is 24.2 Å². The van der Waals surface area contributed by atoms with Gasteiger partial charge in [-0.2, -0.15) is 0 Å². The summed E-state index contributed by atoms with van der Waals surface area (Å²) in [5.41, 5.74) is 7.49. The molecule has 0 radical (unpaired) electrons. The van der Waals surface area contributed by atoms with Gasteiger partial charge in [-0.15, -0.1) is 0 Å². The van der Waals surface area contributed by atoms with E-state index >= 15 is 0 Å². The Morgan fingerprint density at radius 2 is 1.26 bits per heavy atom. The fourth-order valence-corrected chi connectivity index (χ4v) is 4.90. The average Bonchev–Trinajstić information content (AvgIpc) is 3.19. The Balaban J connectivity index is 1.85. The lowest BCUT2D eigenvalue weighted by Gasteiger charge is -2.16. The summed E-state index contributed by atoms with van der Waals surface area (Å²) >= 11 is 0. The van der Waals surface area contributed by atoms with Crippen LogP contribution in [-0.2, 0) is 12.8 Å². The molecule has 156 valence electrons. The molecule has 31 heavy (non-hydrogen) atoms. The normalized spacial score (nSPS) is 12.1. The van der Waals surface area contributed by atoms with Gasteiger partial charge in [-0.1, -0.05) is 88.4 Å². The predicted molar refractivity (Wildman–Crippen MR) is 133 cm³/mol. The first-order chi connectivity index (χ1) is 15.0. The highest BCUT2D eigenvalue weighted by molar-refractivity contribution is 6.11. The van der Waals surface area contributed by atoms with Crippen LogP contribution < -0.4 is 0 Å². The third-order valence-electron chi connectivity index (χ3n) is 6.08. The zero-order valence-electron chi connectivity index (χ0n) is 18.9. The Morgan fingerprint density at radius 1 is 0.677 bits per heavy atom. The Morgan fingerprint density at radius 3 is 1.90 bits per heavy atom. The lowest BCUT2D eigenvalue weighted by atomic mass is 9.89. The Bertz CT molecular complexity index is 1290. The molecule has 0 fully saturated rings. The Labute approximate surface area is 184 Å². The minimum atomic E-state index is 0.603.